The second kappa shape index (κ2) is 14.8. The summed E-state index contributed by atoms with van der Waals surface area (Å²) in [7, 11) is 1.30. The van der Waals surface area contributed by atoms with Crippen LogP contribution in [0.2, 0.25) is 0 Å². The number of benzene rings is 4. The molecular weight excluding hydrogens is 745 g/mol. The van der Waals surface area contributed by atoms with Gasteiger partial charge in [0.2, 0.25) is 5.91 Å². The summed E-state index contributed by atoms with van der Waals surface area (Å²) in [6.07, 6.45) is 4.78. The fourth-order valence-electron chi connectivity index (χ4n) is 8.64. The number of nitrogens with one attached hydrogen (secondary N) is 3. The van der Waals surface area contributed by atoms with Crippen LogP contribution < -0.4 is 10.2 Å². The van der Waals surface area contributed by atoms with E-state index in [0.717, 1.165) is 61.2 Å². The molecule has 4 atom stereocenters. The van der Waals surface area contributed by atoms with Gasteiger partial charge < -0.3 is 24.8 Å². The minimum Gasteiger partial charge on any atom is -0.453 e. The number of aryl methyl sites for hydroxylation is 1. The number of anilines is 1. The van der Waals surface area contributed by atoms with Gasteiger partial charge in [0.1, 0.15) is 23.3 Å². The Labute approximate surface area is 341 Å². The van der Waals surface area contributed by atoms with Crippen LogP contribution in [0.25, 0.3) is 44.4 Å². The Morgan fingerprint density at radius 2 is 1.47 bits per heavy atom. The minimum absolute atomic E-state index is 0.170. The quantitative estimate of drug-likeness (QED) is 0.151. The number of nitriles is 1. The maximum atomic E-state index is 13.9. The van der Waals surface area contributed by atoms with Crippen molar-refractivity contribution in [1.29, 1.82) is 5.26 Å². The highest BCUT2D eigenvalue weighted by Gasteiger charge is 2.43. The molecule has 2 aromatic heterocycles. The molecule has 3 aliphatic heterocycles. The molecule has 0 radical (unpaired) electrons. The molecule has 5 heterocycles. The number of aromatic nitrogens is 4. The van der Waals surface area contributed by atoms with Gasteiger partial charge in [-0.1, -0.05) is 66.7 Å². The normalized spacial score (nSPS) is 19.9. The van der Waals surface area contributed by atoms with Gasteiger partial charge in [0.25, 0.3) is 0 Å². The zero-order chi connectivity index (χ0) is 41.0. The number of fused-ring (bicyclic) bond motifs is 1. The highest BCUT2D eigenvalue weighted by atomic mass is 16.6. The average Bonchev–Trinajstić information content (AvgIpc) is 4.05. The van der Waals surface area contributed by atoms with Crippen LogP contribution in [0.3, 0.4) is 0 Å². The predicted octanol–water partition coefficient (Wildman–Crippen LogP) is 8.41. The van der Waals surface area contributed by atoms with Crippen molar-refractivity contribution in [2.24, 2.45) is 5.92 Å². The van der Waals surface area contributed by atoms with Crippen molar-refractivity contribution in [2.75, 3.05) is 18.6 Å². The molecule has 0 aliphatic carbocycles. The summed E-state index contributed by atoms with van der Waals surface area (Å²) in [6, 6.07) is 28.0. The number of hydrogen-bond donors (Lipinski definition) is 3. The lowest BCUT2D eigenvalue weighted by Crippen LogP contribution is -2.48. The Morgan fingerprint density at radius 3 is 2.17 bits per heavy atom. The van der Waals surface area contributed by atoms with Gasteiger partial charge in [0, 0.05) is 18.5 Å². The van der Waals surface area contributed by atoms with E-state index in [2.05, 4.69) is 99.1 Å². The van der Waals surface area contributed by atoms with Crippen molar-refractivity contribution >= 4 is 34.6 Å². The third-order valence-electron chi connectivity index (χ3n) is 11.5. The first-order valence-corrected chi connectivity index (χ1v) is 19.9. The van der Waals surface area contributed by atoms with Crippen LogP contribution in [0.4, 0.5) is 15.3 Å². The van der Waals surface area contributed by atoms with Crippen LogP contribution in [0, 0.1) is 17.2 Å². The summed E-state index contributed by atoms with van der Waals surface area (Å²) in [5.41, 5.74) is 8.20. The molecule has 298 valence electrons. The van der Waals surface area contributed by atoms with Gasteiger partial charge in [-0.3, -0.25) is 14.6 Å². The fourth-order valence-corrected chi connectivity index (χ4v) is 8.64. The van der Waals surface area contributed by atoms with E-state index in [9.17, 15) is 19.6 Å². The van der Waals surface area contributed by atoms with Gasteiger partial charge in [-0.15, -0.1) is 0 Å². The monoisotopic (exact) mass is 788 g/mol. The van der Waals surface area contributed by atoms with Crippen LogP contribution in [0.5, 0.6) is 0 Å². The second-order valence-electron chi connectivity index (χ2n) is 16.5. The average molecular weight is 789 g/mol. The molecule has 13 nitrogen and oxygen atoms in total. The first kappa shape index (κ1) is 37.6. The summed E-state index contributed by atoms with van der Waals surface area (Å²) in [4.78, 5) is 58.8. The number of para-hydroxylation sites is 1. The summed E-state index contributed by atoms with van der Waals surface area (Å²) in [5, 5.41) is 14.5. The maximum Gasteiger partial charge on any atom is 0.410 e. The van der Waals surface area contributed by atoms with Crippen molar-refractivity contribution < 1.29 is 23.9 Å². The molecule has 9 rings (SSSR count). The Hall–Kier alpha value is -6.94. The topological polar surface area (TPSA) is 169 Å². The Balaban J connectivity index is 0.910. The lowest BCUT2D eigenvalue weighted by Gasteiger charge is -2.27. The number of amides is 3. The molecule has 4 aromatic carbocycles. The molecule has 3 amide bonds. The number of alkyl carbamates (subject to hydrolysis) is 1. The number of hydrogen-bond acceptors (Lipinski definition) is 8. The molecule has 13 heteroatoms. The lowest BCUT2D eigenvalue weighted by atomic mass is 9.98. The summed E-state index contributed by atoms with van der Waals surface area (Å²) >= 11 is 0. The standard InChI is InChI=1S/C46H44N8O5/c1-46(2,3)59-45(57)53-25-26(22-47)18-38(53)41-48-24-37(51-41)33-15-14-31-19-30(12-13-32(31)20-33)27-8-10-28(11-9-27)36-23-49-42(50-36)39-21-34-7-5-6-29-16-17-35(52-44(56)58-4)43(55)54(39)40(29)34/h5-15,19-20,23-24,26,35,38-39H,16-18,21,25H2,1-4H3,(H,48,51)(H,49,50)(H,52,56)/t26-,35+,38+,39+/m1/s1. The Kier molecular flexibility index (Phi) is 9.42. The summed E-state index contributed by atoms with van der Waals surface area (Å²) < 4.78 is 10.5. The van der Waals surface area contributed by atoms with E-state index in [1.54, 1.807) is 11.1 Å². The van der Waals surface area contributed by atoms with Crippen molar-refractivity contribution in [3.8, 4) is 39.7 Å². The molecule has 0 saturated carbocycles. The Morgan fingerprint density at radius 1 is 0.847 bits per heavy atom. The number of imidazole rings is 2. The third kappa shape index (κ3) is 7.15. The van der Waals surface area contributed by atoms with Crippen molar-refractivity contribution in [1.82, 2.24) is 30.2 Å². The molecule has 59 heavy (non-hydrogen) atoms. The smallest absolute Gasteiger partial charge is 0.410 e. The molecule has 0 unspecified atom stereocenters. The van der Waals surface area contributed by atoms with E-state index in [4.69, 9.17) is 14.5 Å². The molecule has 3 N–H and O–H groups in total. The van der Waals surface area contributed by atoms with Crippen molar-refractivity contribution in [3.05, 3.63) is 114 Å². The van der Waals surface area contributed by atoms with Gasteiger partial charge in [0.05, 0.1) is 60.6 Å². The number of ether oxygens (including phenoxy) is 2. The molecule has 0 spiro atoms. The second-order valence-corrected chi connectivity index (χ2v) is 16.5. The number of carbonyl (C=O) groups is 3. The SMILES string of the molecule is COC(=O)N[C@H]1CCc2cccc3c2N(C1=O)[C@H](c1ncc(-c2ccc(-c4ccc5cc(-c6cnc([C@@H]7C[C@H](C#N)CN7C(=O)OC(C)(C)C)[nH]6)ccc5c4)cc2)[nH]1)C3. The largest absolute Gasteiger partial charge is 0.453 e. The van der Waals surface area contributed by atoms with Crippen molar-refractivity contribution in [2.45, 2.75) is 70.2 Å². The van der Waals surface area contributed by atoms with Crippen LogP contribution in [0.1, 0.15) is 68.5 Å². The highest BCUT2D eigenvalue weighted by molar-refractivity contribution is 6.02. The van der Waals surface area contributed by atoms with Crippen LogP contribution >= 0.6 is 0 Å². The lowest BCUT2D eigenvalue weighted by molar-refractivity contribution is -0.121. The molecule has 0 bridgehead atoms. The van der Waals surface area contributed by atoms with E-state index < -0.39 is 23.8 Å². The van der Waals surface area contributed by atoms with E-state index in [1.807, 2.05) is 37.9 Å². The van der Waals surface area contributed by atoms with Gasteiger partial charge in [-0.05, 0) is 90.8 Å². The first-order chi connectivity index (χ1) is 28.5. The number of methoxy groups -OCH3 is 1. The predicted molar refractivity (Wildman–Crippen MR) is 222 cm³/mol. The van der Waals surface area contributed by atoms with E-state index in [-0.39, 0.29) is 23.9 Å². The number of carbonyl (C=O) groups excluding carboxylic acids is 3. The molecule has 1 fully saturated rings. The first-order valence-electron chi connectivity index (χ1n) is 19.9. The van der Waals surface area contributed by atoms with E-state index >= 15 is 0 Å². The number of aromatic amines is 2. The summed E-state index contributed by atoms with van der Waals surface area (Å²) in [5.74, 6) is 0.854. The minimum atomic E-state index is -0.700. The Bertz CT molecular complexity index is 2650. The summed E-state index contributed by atoms with van der Waals surface area (Å²) in [6.45, 7) is 5.79. The number of nitrogens with zero attached hydrogens (tertiary/aromatic N) is 5. The number of likely N-dealkylation sites (tertiary alicyclic amines) is 1. The zero-order valence-electron chi connectivity index (χ0n) is 33.3. The van der Waals surface area contributed by atoms with Gasteiger partial charge in [0.15, 0.2) is 0 Å². The van der Waals surface area contributed by atoms with Crippen LogP contribution in [-0.2, 0) is 27.1 Å². The van der Waals surface area contributed by atoms with Crippen LogP contribution in [-0.4, -0.2) is 68.2 Å². The van der Waals surface area contributed by atoms with Gasteiger partial charge in [-0.25, -0.2) is 19.6 Å². The van der Waals surface area contributed by atoms with Gasteiger partial charge >= 0.3 is 12.2 Å². The van der Waals surface area contributed by atoms with E-state index in [0.29, 0.717) is 43.9 Å². The number of rotatable bonds is 6. The van der Waals surface area contributed by atoms with Gasteiger partial charge in [-0.2, -0.15) is 5.26 Å². The molecule has 3 aliphatic rings. The number of H-pyrrole nitrogens is 2. The molecular formula is C46H44N8O5. The third-order valence-corrected chi connectivity index (χ3v) is 11.5. The van der Waals surface area contributed by atoms with Crippen LogP contribution in [0.15, 0.2) is 91.3 Å². The molecule has 1 saturated heterocycles. The van der Waals surface area contributed by atoms with E-state index in [1.165, 1.54) is 7.11 Å². The highest BCUT2D eigenvalue weighted by Crippen LogP contribution is 2.45. The zero-order valence-corrected chi connectivity index (χ0v) is 33.3. The maximum absolute atomic E-state index is 13.9. The van der Waals surface area contributed by atoms with Crippen molar-refractivity contribution in [3.63, 3.8) is 0 Å². The fraction of sp³-hybridized carbons (Fsp3) is 0.304. The molecule has 6 aromatic rings.